The molecule has 162 valence electrons. The van der Waals surface area contributed by atoms with Gasteiger partial charge >= 0.3 is 5.97 Å². The molecule has 0 saturated carbocycles. The van der Waals surface area contributed by atoms with Gasteiger partial charge in [-0.3, -0.25) is 4.79 Å². The molecule has 9 heteroatoms. The third kappa shape index (κ3) is 6.00. The van der Waals surface area contributed by atoms with Crippen molar-refractivity contribution in [3.63, 3.8) is 0 Å². The Morgan fingerprint density at radius 3 is 2.55 bits per heavy atom. The van der Waals surface area contributed by atoms with Crippen LogP contribution >= 0.6 is 11.3 Å². The van der Waals surface area contributed by atoms with Crippen LogP contribution in [0.15, 0.2) is 70.9 Å². The predicted molar refractivity (Wildman–Crippen MR) is 119 cm³/mol. The van der Waals surface area contributed by atoms with E-state index in [1.807, 2.05) is 36.6 Å². The number of sulfonamides is 1. The van der Waals surface area contributed by atoms with Crippen LogP contribution in [0.25, 0.3) is 0 Å². The monoisotopic (exact) mass is 458 g/mol. The zero-order valence-electron chi connectivity index (χ0n) is 17.0. The standard InChI is InChI=1S/C22H22N2O5S2/c1-15-7-3-4-11-20(15)24-21(25)16(2)29-22(26)17-8-5-10-19(13-17)31(27,28)23-14-18-9-6-12-30-18/h3-13,16,23H,14H2,1-2H3,(H,24,25). The van der Waals surface area contributed by atoms with Gasteiger partial charge in [-0.25, -0.2) is 17.9 Å². The lowest BCUT2D eigenvalue weighted by molar-refractivity contribution is -0.123. The zero-order valence-corrected chi connectivity index (χ0v) is 18.6. The number of nitrogens with one attached hydrogen (secondary N) is 2. The van der Waals surface area contributed by atoms with Crippen LogP contribution in [0.5, 0.6) is 0 Å². The van der Waals surface area contributed by atoms with Crippen LogP contribution in [-0.2, 0) is 26.1 Å². The van der Waals surface area contributed by atoms with E-state index in [-0.39, 0.29) is 17.0 Å². The number of aryl methyl sites for hydroxylation is 1. The Hall–Kier alpha value is -3.01. The summed E-state index contributed by atoms with van der Waals surface area (Å²) in [6.45, 7) is 3.46. The molecule has 7 nitrogen and oxygen atoms in total. The van der Waals surface area contributed by atoms with Gasteiger partial charge in [-0.15, -0.1) is 11.3 Å². The van der Waals surface area contributed by atoms with Gasteiger partial charge in [-0.2, -0.15) is 0 Å². The molecule has 2 aromatic carbocycles. The number of anilines is 1. The van der Waals surface area contributed by atoms with Gasteiger partial charge in [0.25, 0.3) is 5.91 Å². The smallest absolute Gasteiger partial charge is 0.338 e. The van der Waals surface area contributed by atoms with Crippen molar-refractivity contribution in [2.24, 2.45) is 0 Å². The average Bonchev–Trinajstić information content (AvgIpc) is 3.28. The molecule has 1 amide bonds. The lowest BCUT2D eigenvalue weighted by atomic mass is 10.2. The Morgan fingerprint density at radius 2 is 1.84 bits per heavy atom. The Kier molecular flexibility index (Phi) is 7.21. The van der Waals surface area contributed by atoms with Gasteiger partial charge in [0.05, 0.1) is 10.5 Å². The van der Waals surface area contributed by atoms with Gasteiger partial charge in [-0.1, -0.05) is 30.3 Å². The van der Waals surface area contributed by atoms with Crippen LogP contribution in [0.3, 0.4) is 0 Å². The number of carbonyl (C=O) groups excluding carboxylic acids is 2. The molecule has 0 saturated heterocycles. The first kappa shape index (κ1) is 22.7. The number of para-hydroxylation sites is 1. The fourth-order valence-electron chi connectivity index (χ4n) is 2.68. The first-order valence-corrected chi connectivity index (χ1v) is 11.8. The van der Waals surface area contributed by atoms with E-state index in [1.54, 1.807) is 12.1 Å². The first-order valence-electron chi connectivity index (χ1n) is 9.46. The number of amides is 1. The number of benzene rings is 2. The Labute approximate surface area is 185 Å². The summed E-state index contributed by atoms with van der Waals surface area (Å²) in [5, 5.41) is 4.57. The summed E-state index contributed by atoms with van der Waals surface area (Å²) in [7, 11) is -3.81. The topological polar surface area (TPSA) is 102 Å². The highest BCUT2D eigenvalue weighted by Gasteiger charge is 2.21. The minimum Gasteiger partial charge on any atom is -0.449 e. The lowest BCUT2D eigenvalue weighted by Crippen LogP contribution is -2.30. The van der Waals surface area contributed by atoms with E-state index in [9.17, 15) is 18.0 Å². The number of thiophene rings is 1. The third-order valence-corrected chi connectivity index (χ3v) is 6.73. The van der Waals surface area contributed by atoms with Crippen molar-refractivity contribution in [2.75, 3.05) is 5.32 Å². The molecule has 2 N–H and O–H groups in total. The molecule has 0 aliphatic heterocycles. The third-order valence-electron chi connectivity index (χ3n) is 4.45. The van der Waals surface area contributed by atoms with Crippen molar-refractivity contribution in [3.05, 3.63) is 82.0 Å². The number of carbonyl (C=O) groups is 2. The quantitative estimate of drug-likeness (QED) is 0.501. The molecule has 0 aliphatic rings. The van der Waals surface area contributed by atoms with Gasteiger partial charge in [0.2, 0.25) is 10.0 Å². The van der Waals surface area contributed by atoms with E-state index in [1.165, 1.54) is 42.5 Å². The largest absolute Gasteiger partial charge is 0.449 e. The summed E-state index contributed by atoms with van der Waals surface area (Å²) in [6.07, 6.45) is -1.07. The van der Waals surface area contributed by atoms with E-state index < -0.39 is 28.0 Å². The Bertz CT molecular complexity index is 1170. The molecule has 1 atom stereocenters. The molecule has 3 aromatic rings. The second-order valence-corrected chi connectivity index (χ2v) is 9.58. The number of hydrogen-bond acceptors (Lipinski definition) is 6. The summed E-state index contributed by atoms with van der Waals surface area (Å²) in [5.41, 5.74) is 1.54. The second-order valence-electron chi connectivity index (χ2n) is 6.78. The van der Waals surface area contributed by atoms with Crippen LogP contribution < -0.4 is 10.0 Å². The van der Waals surface area contributed by atoms with Crippen molar-refractivity contribution in [3.8, 4) is 0 Å². The highest BCUT2D eigenvalue weighted by Crippen LogP contribution is 2.17. The summed E-state index contributed by atoms with van der Waals surface area (Å²) in [6, 6.07) is 16.4. The summed E-state index contributed by atoms with van der Waals surface area (Å²) in [5.74, 6) is -1.27. The normalized spacial score (nSPS) is 12.2. The molecule has 1 aromatic heterocycles. The van der Waals surface area contributed by atoms with E-state index in [0.29, 0.717) is 5.69 Å². The van der Waals surface area contributed by atoms with Crippen molar-refractivity contribution < 1.29 is 22.7 Å². The van der Waals surface area contributed by atoms with E-state index >= 15 is 0 Å². The summed E-state index contributed by atoms with van der Waals surface area (Å²) >= 11 is 1.44. The van der Waals surface area contributed by atoms with Gasteiger partial charge in [0.15, 0.2) is 6.10 Å². The SMILES string of the molecule is Cc1ccccc1NC(=O)C(C)OC(=O)c1cccc(S(=O)(=O)NCc2cccs2)c1. The van der Waals surface area contributed by atoms with Crippen molar-refractivity contribution >= 4 is 38.9 Å². The fraction of sp³-hybridized carbons (Fsp3) is 0.182. The van der Waals surface area contributed by atoms with Gasteiger partial charge in [-0.05, 0) is 55.1 Å². The molecule has 0 radical (unpaired) electrons. The lowest BCUT2D eigenvalue weighted by Gasteiger charge is -2.15. The number of ether oxygens (including phenoxy) is 1. The van der Waals surface area contributed by atoms with Crippen molar-refractivity contribution in [1.82, 2.24) is 4.72 Å². The van der Waals surface area contributed by atoms with Gasteiger partial charge < -0.3 is 10.1 Å². The van der Waals surface area contributed by atoms with E-state index in [4.69, 9.17) is 4.74 Å². The average molecular weight is 459 g/mol. The van der Waals surface area contributed by atoms with Crippen LogP contribution in [0.4, 0.5) is 5.69 Å². The molecule has 0 bridgehead atoms. The minimum absolute atomic E-state index is 0.0366. The van der Waals surface area contributed by atoms with Gasteiger partial charge in [0, 0.05) is 17.1 Å². The van der Waals surface area contributed by atoms with Crippen LogP contribution in [0.1, 0.15) is 27.7 Å². The summed E-state index contributed by atoms with van der Waals surface area (Å²) < 4.78 is 32.8. The highest BCUT2D eigenvalue weighted by atomic mass is 32.2. The summed E-state index contributed by atoms with van der Waals surface area (Å²) in [4.78, 5) is 25.7. The number of hydrogen-bond donors (Lipinski definition) is 2. The molecule has 0 aliphatic carbocycles. The molecule has 0 fully saturated rings. The Balaban J connectivity index is 1.65. The molecule has 1 heterocycles. The number of esters is 1. The molecule has 0 spiro atoms. The first-order chi connectivity index (χ1) is 14.8. The minimum atomic E-state index is -3.81. The fourth-order valence-corrected chi connectivity index (χ4v) is 4.47. The molecule has 1 unspecified atom stereocenters. The van der Waals surface area contributed by atoms with E-state index in [2.05, 4.69) is 10.0 Å². The van der Waals surface area contributed by atoms with Gasteiger partial charge in [0.1, 0.15) is 0 Å². The zero-order chi connectivity index (χ0) is 22.4. The maximum atomic E-state index is 12.5. The maximum absolute atomic E-state index is 12.5. The maximum Gasteiger partial charge on any atom is 0.338 e. The molecular weight excluding hydrogens is 436 g/mol. The molecular formula is C22H22N2O5S2. The Morgan fingerprint density at radius 1 is 1.06 bits per heavy atom. The highest BCUT2D eigenvalue weighted by molar-refractivity contribution is 7.89. The van der Waals surface area contributed by atoms with Crippen LogP contribution in [0, 0.1) is 6.92 Å². The van der Waals surface area contributed by atoms with Crippen LogP contribution in [-0.4, -0.2) is 26.4 Å². The molecule has 31 heavy (non-hydrogen) atoms. The molecule has 3 rings (SSSR count). The van der Waals surface area contributed by atoms with Crippen molar-refractivity contribution in [1.29, 1.82) is 0 Å². The second kappa shape index (κ2) is 9.86. The van der Waals surface area contributed by atoms with Crippen molar-refractivity contribution in [2.45, 2.75) is 31.4 Å². The predicted octanol–water partition coefficient (Wildman–Crippen LogP) is 3.72. The number of rotatable bonds is 8. The van der Waals surface area contributed by atoms with Crippen LogP contribution in [0.2, 0.25) is 0 Å². The van der Waals surface area contributed by atoms with E-state index in [0.717, 1.165) is 10.4 Å².